The lowest BCUT2D eigenvalue weighted by atomic mass is 10.3. The second-order valence-electron chi connectivity index (χ2n) is 4.67. The topological polar surface area (TPSA) is 58.9 Å². The summed E-state index contributed by atoms with van der Waals surface area (Å²) in [5.74, 6) is 0.808. The first-order valence-corrected chi connectivity index (χ1v) is 6.62. The van der Waals surface area contributed by atoms with E-state index in [0.717, 1.165) is 49.9 Å². The van der Waals surface area contributed by atoms with E-state index >= 15 is 0 Å². The zero-order valence-corrected chi connectivity index (χ0v) is 11.1. The highest BCUT2D eigenvalue weighted by Gasteiger charge is 2.13. The van der Waals surface area contributed by atoms with Crippen molar-refractivity contribution in [1.29, 1.82) is 0 Å². The summed E-state index contributed by atoms with van der Waals surface area (Å²) in [4.78, 5) is 11.3. The third-order valence-corrected chi connectivity index (χ3v) is 3.35. The Balaban J connectivity index is 1.89. The predicted octanol–water partition coefficient (Wildman–Crippen LogP) is 0.677. The van der Waals surface area contributed by atoms with Crippen LogP contribution in [-0.2, 0) is 7.05 Å². The van der Waals surface area contributed by atoms with Crippen molar-refractivity contribution >= 4 is 5.95 Å². The van der Waals surface area contributed by atoms with E-state index in [1.807, 2.05) is 30.1 Å². The van der Waals surface area contributed by atoms with Gasteiger partial charge >= 0.3 is 0 Å². The summed E-state index contributed by atoms with van der Waals surface area (Å²) < 4.78 is 1.83. The van der Waals surface area contributed by atoms with Gasteiger partial charge in [-0.3, -0.25) is 4.68 Å². The van der Waals surface area contributed by atoms with Crippen LogP contribution in [0.3, 0.4) is 0 Å². The molecule has 3 heterocycles. The summed E-state index contributed by atoms with van der Waals surface area (Å²) in [5, 5.41) is 7.57. The molecule has 2 aromatic heterocycles. The zero-order chi connectivity index (χ0) is 13.1. The van der Waals surface area contributed by atoms with Crippen molar-refractivity contribution < 1.29 is 0 Å². The Hall–Kier alpha value is -1.95. The summed E-state index contributed by atoms with van der Waals surface area (Å²) in [6.45, 7) is 4.01. The first-order valence-electron chi connectivity index (χ1n) is 6.62. The Bertz CT molecular complexity index is 542. The molecule has 1 fully saturated rings. The number of nitrogens with zero attached hydrogens (tertiary/aromatic N) is 5. The summed E-state index contributed by atoms with van der Waals surface area (Å²) in [5.41, 5.74) is 1.93. The minimum atomic E-state index is 0.808. The number of hydrogen-bond donors (Lipinski definition) is 1. The third-order valence-electron chi connectivity index (χ3n) is 3.35. The summed E-state index contributed by atoms with van der Waals surface area (Å²) in [6, 6.07) is 3.90. The van der Waals surface area contributed by atoms with Crippen LogP contribution in [0.1, 0.15) is 6.42 Å². The fourth-order valence-electron chi connectivity index (χ4n) is 2.31. The largest absolute Gasteiger partial charge is 0.339 e. The van der Waals surface area contributed by atoms with Gasteiger partial charge in [0, 0.05) is 39.1 Å². The van der Waals surface area contributed by atoms with Crippen LogP contribution in [0, 0.1) is 0 Å². The molecular formula is C13H18N6. The Kier molecular flexibility index (Phi) is 3.41. The van der Waals surface area contributed by atoms with Gasteiger partial charge in [0.25, 0.3) is 0 Å². The van der Waals surface area contributed by atoms with E-state index < -0.39 is 0 Å². The van der Waals surface area contributed by atoms with Gasteiger partial charge in [0.15, 0.2) is 0 Å². The van der Waals surface area contributed by atoms with E-state index in [2.05, 4.69) is 25.3 Å². The maximum absolute atomic E-state index is 4.67. The van der Waals surface area contributed by atoms with E-state index in [4.69, 9.17) is 0 Å². The number of rotatable bonds is 2. The molecule has 1 aliphatic heterocycles. The Morgan fingerprint density at radius 1 is 1.16 bits per heavy atom. The quantitative estimate of drug-likeness (QED) is 0.858. The first kappa shape index (κ1) is 12.1. The summed E-state index contributed by atoms with van der Waals surface area (Å²) in [7, 11) is 1.92. The second-order valence-corrected chi connectivity index (χ2v) is 4.67. The van der Waals surface area contributed by atoms with Crippen molar-refractivity contribution in [2.24, 2.45) is 7.05 Å². The van der Waals surface area contributed by atoms with E-state index in [1.54, 1.807) is 6.20 Å². The van der Waals surface area contributed by atoms with Gasteiger partial charge in [0.2, 0.25) is 5.95 Å². The fourth-order valence-corrected chi connectivity index (χ4v) is 2.31. The van der Waals surface area contributed by atoms with Gasteiger partial charge in [-0.15, -0.1) is 0 Å². The van der Waals surface area contributed by atoms with Gasteiger partial charge in [-0.1, -0.05) is 0 Å². The molecule has 1 saturated heterocycles. The number of nitrogens with one attached hydrogen (secondary N) is 1. The normalized spacial score (nSPS) is 16.4. The van der Waals surface area contributed by atoms with Crippen molar-refractivity contribution in [1.82, 2.24) is 25.1 Å². The molecule has 0 amide bonds. The van der Waals surface area contributed by atoms with Crippen molar-refractivity contribution in [3.8, 4) is 11.4 Å². The molecule has 0 aliphatic carbocycles. The van der Waals surface area contributed by atoms with Gasteiger partial charge in [-0.2, -0.15) is 5.10 Å². The number of aryl methyl sites for hydroxylation is 1. The van der Waals surface area contributed by atoms with Gasteiger partial charge in [0.05, 0.1) is 11.4 Å². The van der Waals surface area contributed by atoms with Crippen LogP contribution in [0.25, 0.3) is 11.4 Å². The molecule has 1 N–H and O–H groups in total. The van der Waals surface area contributed by atoms with Crippen LogP contribution < -0.4 is 10.2 Å². The van der Waals surface area contributed by atoms with Crippen molar-refractivity contribution in [3.05, 3.63) is 24.5 Å². The van der Waals surface area contributed by atoms with Crippen molar-refractivity contribution in [2.75, 3.05) is 31.1 Å². The molecule has 0 atom stereocenters. The highest BCUT2D eigenvalue weighted by Crippen LogP contribution is 2.18. The van der Waals surface area contributed by atoms with Gasteiger partial charge in [-0.05, 0) is 25.1 Å². The Morgan fingerprint density at radius 3 is 2.95 bits per heavy atom. The lowest BCUT2D eigenvalue weighted by Crippen LogP contribution is -2.29. The average molecular weight is 258 g/mol. The number of aromatic nitrogens is 4. The van der Waals surface area contributed by atoms with Crippen molar-refractivity contribution in [3.63, 3.8) is 0 Å². The summed E-state index contributed by atoms with van der Waals surface area (Å²) >= 11 is 0. The van der Waals surface area contributed by atoms with Crippen LogP contribution in [0.15, 0.2) is 24.5 Å². The molecule has 0 aromatic carbocycles. The van der Waals surface area contributed by atoms with Gasteiger partial charge in [0.1, 0.15) is 0 Å². The third kappa shape index (κ3) is 2.58. The molecule has 0 unspecified atom stereocenters. The molecule has 100 valence electrons. The predicted molar refractivity (Wildman–Crippen MR) is 73.9 cm³/mol. The fraction of sp³-hybridized carbons (Fsp3) is 0.462. The molecule has 1 aliphatic rings. The van der Waals surface area contributed by atoms with Gasteiger partial charge < -0.3 is 10.2 Å². The average Bonchev–Trinajstić information content (AvgIpc) is 2.71. The van der Waals surface area contributed by atoms with E-state index in [0.29, 0.717) is 0 Å². The lowest BCUT2D eigenvalue weighted by Gasteiger charge is -2.19. The second kappa shape index (κ2) is 5.36. The summed E-state index contributed by atoms with van der Waals surface area (Å²) in [6.07, 6.45) is 4.73. The monoisotopic (exact) mass is 258 g/mol. The first-order chi connectivity index (χ1) is 9.34. The smallest absolute Gasteiger partial charge is 0.225 e. The van der Waals surface area contributed by atoms with Crippen LogP contribution in [0.4, 0.5) is 5.95 Å². The van der Waals surface area contributed by atoms with Crippen molar-refractivity contribution in [2.45, 2.75) is 6.42 Å². The molecule has 0 radical (unpaired) electrons. The van der Waals surface area contributed by atoms with E-state index in [9.17, 15) is 0 Å². The highest BCUT2D eigenvalue weighted by molar-refractivity contribution is 5.55. The molecule has 0 spiro atoms. The molecule has 0 saturated carbocycles. The number of anilines is 1. The molecule has 3 rings (SSSR count). The highest BCUT2D eigenvalue weighted by atomic mass is 15.3. The molecule has 2 aromatic rings. The van der Waals surface area contributed by atoms with Crippen LogP contribution in [0.2, 0.25) is 0 Å². The molecule has 6 heteroatoms. The zero-order valence-electron chi connectivity index (χ0n) is 11.1. The molecule has 6 nitrogen and oxygen atoms in total. The lowest BCUT2D eigenvalue weighted by molar-refractivity contribution is 0.724. The Morgan fingerprint density at radius 2 is 2.11 bits per heavy atom. The SMILES string of the molecule is Cn1nccc1-c1ccnc(N2CCCNCC2)n1. The molecule has 19 heavy (non-hydrogen) atoms. The molecular weight excluding hydrogens is 240 g/mol. The Labute approximate surface area is 112 Å². The molecule has 0 bridgehead atoms. The van der Waals surface area contributed by atoms with Crippen LogP contribution in [-0.4, -0.2) is 45.9 Å². The van der Waals surface area contributed by atoms with Crippen LogP contribution >= 0.6 is 0 Å². The minimum absolute atomic E-state index is 0.808. The van der Waals surface area contributed by atoms with Crippen LogP contribution in [0.5, 0.6) is 0 Å². The standard InChI is InChI=1S/C13H18N6/c1-18-12(4-7-16-18)11-3-6-15-13(17-11)19-9-2-5-14-8-10-19/h3-4,6-7,14H,2,5,8-10H2,1H3. The van der Waals surface area contributed by atoms with E-state index in [1.165, 1.54) is 0 Å². The maximum atomic E-state index is 4.67. The van der Waals surface area contributed by atoms with Gasteiger partial charge in [-0.25, -0.2) is 9.97 Å². The van der Waals surface area contributed by atoms with E-state index in [-0.39, 0.29) is 0 Å². The maximum Gasteiger partial charge on any atom is 0.225 e. The number of hydrogen-bond acceptors (Lipinski definition) is 5. The minimum Gasteiger partial charge on any atom is -0.339 e.